The SMILES string of the molecule is COc1ccc2c(c1C#CCO[C@@H]1CCN(C)C[C@@H]1F)n(C)c(=O)n2C1CCC(=O)NC1=O. The number of nitrogens with zero attached hydrogens (tertiary/aromatic N) is 3. The molecule has 0 radical (unpaired) electrons. The van der Waals surface area contributed by atoms with Gasteiger partial charge in [-0.2, -0.15) is 0 Å². The van der Waals surface area contributed by atoms with Crippen LogP contribution in [0, 0.1) is 11.8 Å². The number of carbonyl (C=O) groups is 2. The summed E-state index contributed by atoms with van der Waals surface area (Å²) in [5.41, 5.74) is 1.12. The van der Waals surface area contributed by atoms with Gasteiger partial charge in [-0.25, -0.2) is 9.18 Å². The van der Waals surface area contributed by atoms with Crippen LogP contribution in [-0.4, -0.2) is 72.0 Å². The van der Waals surface area contributed by atoms with Crippen molar-refractivity contribution in [2.75, 3.05) is 33.9 Å². The minimum absolute atomic E-state index is 0.0378. The normalized spacial score (nSPS) is 23.8. The van der Waals surface area contributed by atoms with Crippen molar-refractivity contribution in [3.8, 4) is 17.6 Å². The third-order valence-corrected chi connectivity index (χ3v) is 6.22. The Morgan fingerprint density at radius 2 is 2.00 bits per heavy atom. The van der Waals surface area contributed by atoms with E-state index >= 15 is 0 Å². The number of imidazole rings is 1. The molecule has 4 rings (SSSR count). The molecule has 1 aromatic carbocycles. The van der Waals surface area contributed by atoms with Crippen LogP contribution >= 0.6 is 0 Å². The molecule has 0 spiro atoms. The van der Waals surface area contributed by atoms with Gasteiger partial charge >= 0.3 is 5.69 Å². The van der Waals surface area contributed by atoms with Crippen molar-refractivity contribution in [1.82, 2.24) is 19.4 Å². The molecular weight excluding hydrogens is 431 g/mol. The molecule has 3 atom stereocenters. The fraction of sp³-hybridized carbons (Fsp3) is 0.522. The zero-order chi connectivity index (χ0) is 23.7. The molecule has 2 aliphatic rings. The Balaban J connectivity index is 1.66. The highest BCUT2D eigenvalue weighted by molar-refractivity contribution is 6.00. The number of ether oxygens (including phenoxy) is 2. The first-order valence-electron chi connectivity index (χ1n) is 10.9. The molecule has 1 unspecified atom stereocenters. The van der Waals surface area contributed by atoms with E-state index in [-0.39, 0.29) is 25.4 Å². The second kappa shape index (κ2) is 9.37. The van der Waals surface area contributed by atoms with E-state index in [9.17, 15) is 18.8 Å². The van der Waals surface area contributed by atoms with E-state index in [0.717, 1.165) is 6.54 Å². The highest BCUT2D eigenvalue weighted by Crippen LogP contribution is 2.29. The Bertz CT molecular complexity index is 1210. The van der Waals surface area contributed by atoms with Crippen molar-refractivity contribution in [3.63, 3.8) is 0 Å². The Kier molecular flexibility index (Phi) is 6.54. The number of nitrogens with one attached hydrogen (secondary N) is 1. The minimum atomic E-state index is -1.06. The Morgan fingerprint density at radius 3 is 2.70 bits per heavy atom. The van der Waals surface area contributed by atoms with E-state index in [1.165, 1.54) is 16.2 Å². The standard InChI is InChI=1S/C23H27FN4O5/c1-26-11-10-19(15(24)13-26)33-12-4-5-14-18(32-3)8-6-16-21(14)27(2)23(31)28(16)17-7-9-20(29)25-22(17)30/h6,8,15,17,19H,7,9-13H2,1-3H3,(H,25,29,30)/t15-,17?,19+/m0/s1. The van der Waals surface area contributed by atoms with Crippen LogP contribution in [0.5, 0.6) is 5.75 Å². The molecule has 3 heterocycles. The number of aromatic nitrogens is 2. The number of piperidine rings is 2. The number of fused-ring (bicyclic) bond motifs is 1. The monoisotopic (exact) mass is 458 g/mol. The molecule has 2 amide bonds. The second-order valence-corrected chi connectivity index (χ2v) is 8.41. The molecule has 0 aliphatic carbocycles. The van der Waals surface area contributed by atoms with Crippen LogP contribution in [0.4, 0.5) is 4.39 Å². The van der Waals surface area contributed by atoms with Gasteiger partial charge in [0.2, 0.25) is 11.8 Å². The van der Waals surface area contributed by atoms with Crippen LogP contribution in [0.25, 0.3) is 11.0 Å². The number of likely N-dealkylation sites (tertiary alicyclic amines) is 1. The van der Waals surface area contributed by atoms with Gasteiger partial charge in [0.15, 0.2) is 0 Å². The third kappa shape index (κ3) is 4.38. The van der Waals surface area contributed by atoms with E-state index in [0.29, 0.717) is 35.3 Å². The van der Waals surface area contributed by atoms with Crippen molar-refractivity contribution < 1.29 is 23.5 Å². The van der Waals surface area contributed by atoms with Gasteiger partial charge in [0, 0.05) is 26.6 Å². The lowest BCUT2D eigenvalue weighted by Gasteiger charge is -2.31. The van der Waals surface area contributed by atoms with Crippen LogP contribution in [0.15, 0.2) is 16.9 Å². The first-order chi connectivity index (χ1) is 15.8. The second-order valence-electron chi connectivity index (χ2n) is 8.41. The van der Waals surface area contributed by atoms with E-state index < -0.39 is 29.9 Å². The molecule has 1 aromatic heterocycles. The average molecular weight is 458 g/mol. The molecule has 2 fully saturated rings. The lowest BCUT2D eigenvalue weighted by atomic mass is 10.1. The summed E-state index contributed by atoms with van der Waals surface area (Å²) in [7, 11) is 4.98. The summed E-state index contributed by atoms with van der Waals surface area (Å²) < 4.78 is 28.1. The third-order valence-electron chi connectivity index (χ3n) is 6.22. The summed E-state index contributed by atoms with van der Waals surface area (Å²) in [6.07, 6.45) is -0.558. The Hall–Kier alpha value is -3.16. The van der Waals surface area contributed by atoms with Crippen molar-refractivity contribution >= 4 is 22.8 Å². The number of benzene rings is 1. The summed E-state index contributed by atoms with van der Waals surface area (Å²) in [4.78, 5) is 39.0. The van der Waals surface area contributed by atoms with Gasteiger partial charge in [-0.1, -0.05) is 11.8 Å². The summed E-state index contributed by atoms with van der Waals surface area (Å²) in [5.74, 6) is 5.54. The molecule has 176 valence electrons. The highest BCUT2D eigenvalue weighted by Gasteiger charge is 2.32. The molecule has 33 heavy (non-hydrogen) atoms. The number of hydrogen-bond acceptors (Lipinski definition) is 6. The molecule has 1 N–H and O–H groups in total. The van der Waals surface area contributed by atoms with Gasteiger partial charge in [0.1, 0.15) is 24.6 Å². The molecule has 0 saturated carbocycles. The summed E-state index contributed by atoms with van der Waals surface area (Å²) in [6, 6.07) is 2.60. The topological polar surface area (TPSA) is 94.8 Å². The fourth-order valence-electron chi connectivity index (χ4n) is 4.47. The van der Waals surface area contributed by atoms with Gasteiger partial charge in [-0.15, -0.1) is 0 Å². The molecule has 2 aliphatic heterocycles. The summed E-state index contributed by atoms with van der Waals surface area (Å²) in [5, 5.41) is 2.30. The maximum absolute atomic E-state index is 14.2. The number of aryl methyl sites for hydroxylation is 1. The first kappa shape index (κ1) is 23.0. The number of methoxy groups -OCH3 is 1. The van der Waals surface area contributed by atoms with Crippen molar-refractivity contribution in [1.29, 1.82) is 0 Å². The smallest absolute Gasteiger partial charge is 0.329 e. The first-order valence-corrected chi connectivity index (χ1v) is 10.9. The number of halogens is 1. The summed E-state index contributed by atoms with van der Waals surface area (Å²) in [6.45, 7) is 1.14. The predicted molar refractivity (Wildman–Crippen MR) is 119 cm³/mol. The highest BCUT2D eigenvalue weighted by atomic mass is 19.1. The quantitative estimate of drug-likeness (QED) is 0.537. The van der Waals surface area contributed by atoms with Gasteiger partial charge in [-0.05, 0) is 32.0 Å². The average Bonchev–Trinajstić information content (AvgIpc) is 3.03. The van der Waals surface area contributed by atoms with Gasteiger partial charge < -0.3 is 14.4 Å². The number of carbonyl (C=O) groups excluding carboxylic acids is 2. The van der Waals surface area contributed by atoms with Gasteiger partial charge in [0.05, 0.1) is 29.8 Å². The van der Waals surface area contributed by atoms with E-state index in [2.05, 4.69) is 17.2 Å². The van der Waals surface area contributed by atoms with Crippen LogP contribution in [0.1, 0.15) is 30.9 Å². The molecule has 0 bridgehead atoms. The maximum atomic E-state index is 14.2. The van der Waals surface area contributed by atoms with Crippen molar-refractivity contribution in [3.05, 3.63) is 28.2 Å². The number of rotatable bonds is 4. The minimum Gasteiger partial charge on any atom is -0.495 e. The molecular formula is C23H27FN4O5. The van der Waals surface area contributed by atoms with Crippen LogP contribution in [0.3, 0.4) is 0 Å². The Morgan fingerprint density at radius 1 is 1.21 bits per heavy atom. The zero-order valence-corrected chi connectivity index (χ0v) is 18.9. The van der Waals surface area contributed by atoms with E-state index in [1.807, 2.05) is 11.9 Å². The molecule has 2 saturated heterocycles. The van der Waals surface area contributed by atoms with Crippen molar-refractivity contribution in [2.24, 2.45) is 7.05 Å². The summed E-state index contributed by atoms with van der Waals surface area (Å²) >= 11 is 0. The number of amides is 2. The van der Waals surface area contributed by atoms with E-state index in [4.69, 9.17) is 9.47 Å². The molecule has 10 heteroatoms. The maximum Gasteiger partial charge on any atom is 0.329 e. The lowest BCUT2D eigenvalue weighted by molar-refractivity contribution is -0.135. The molecule has 9 nitrogen and oxygen atoms in total. The zero-order valence-electron chi connectivity index (χ0n) is 18.9. The van der Waals surface area contributed by atoms with Crippen molar-refractivity contribution in [2.45, 2.75) is 37.6 Å². The molecule has 2 aromatic rings. The van der Waals surface area contributed by atoms with Gasteiger partial charge in [0.25, 0.3) is 0 Å². The van der Waals surface area contributed by atoms with Crippen LogP contribution in [-0.2, 0) is 21.4 Å². The Labute approximate surface area is 190 Å². The van der Waals surface area contributed by atoms with E-state index in [1.54, 1.807) is 19.2 Å². The van der Waals surface area contributed by atoms with Crippen LogP contribution in [0.2, 0.25) is 0 Å². The number of imide groups is 1. The predicted octanol–water partition coefficient (Wildman–Crippen LogP) is 0.737. The van der Waals surface area contributed by atoms with Gasteiger partial charge in [-0.3, -0.25) is 24.0 Å². The lowest BCUT2D eigenvalue weighted by Crippen LogP contribution is -2.44. The fourth-order valence-corrected chi connectivity index (χ4v) is 4.47. The largest absolute Gasteiger partial charge is 0.495 e. The van der Waals surface area contributed by atoms with Crippen LogP contribution < -0.4 is 15.7 Å². The number of hydrogen-bond donors (Lipinski definition) is 1. The number of alkyl halides is 1.